The van der Waals surface area contributed by atoms with Crippen LogP contribution in [0.15, 0.2) is 0 Å². The van der Waals surface area contributed by atoms with Crippen LogP contribution in [0.3, 0.4) is 0 Å². The molecule has 0 amide bonds. The number of ether oxygens (including phenoxy) is 1. The van der Waals surface area contributed by atoms with Crippen LogP contribution in [0.5, 0.6) is 0 Å². The summed E-state index contributed by atoms with van der Waals surface area (Å²) < 4.78 is 7.63. The van der Waals surface area contributed by atoms with E-state index in [-0.39, 0.29) is 10.7 Å². The molecule has 1 aliphatic rings. The molecule has 0 spiro atoms. The van der Waals surface area contributed by atoms with Gasteiger partial charge in [-0.05, 0) is 13.3 Å². The molecular weight excluding hydrogens is 184 g/mol. The fraction of sp³-hybridized carbons (Fsp3) is 0.889. The number of hydrogen-bond acceptors (Lipinski definition) is 3. The van der Waals surface area contributed by atoms with Crippen molar-refractivity contribution in [3.8, 4) is 0 Å². The lowest BCUT2D eigenvalue weighted by Gasteiger charge is -2.39. The van der Waals surface area contributed by atoms with Gasteiger partial charge in [0.2, 0.25) is 0 Å². The molecule has 1 fully saturated rings. The van der Waals surface area contributed by atoms with Crippen LogP contribution < -0.4 is 0 Å². The van der Waals surface area contributed by atoms with Crippen molar-refractivity contribution in [2.45, 2.75) is 6.04 Å². The molecule has 1 rings (SSSR count). The average molecular weight is 204 g/mol. The minimum Gasteiger partial charge on any atom is -0.383 e. The van der Waals surface area contributed by atoms with Crippen molar-refractivity contribution >= 4 is 16.5 Å². The summed E-state index contributed by atoms with van der Waals surface area (Å²) >= 11 is 0. The highest BCUT2D eigenvalue weighted by Gasteiger charge is 2.23. The molecule has 3 nitrogen and oxygen atoms in total. The molecule has 0 radical (unpaired) electrons. The lowest BCUT2D eigenvalue weighted by Crippen LogP contribution is -2.51. The van der Waals surface area contributed by atoms with Gasteiger partial charge in [-0.2, -0.15) is 0 Å². The van der Waals surface area contributed by atoms with E-state index in [4.69, 9.17) is 4.74 Å². The van der Waals surface area contributed by atoms with Gasteiger partial charge in [0.05, 0.1) is 6.61 Å². The molecule has 0 aromatic carbocycles. The third-order valence-electron chi connectivity index (χ3n) is 2.54. The van der Waals surface area contributed by atoms with E-state index >= 15 is 0 Å². The molecule has 2 unspecified atom stereocenters. The molecule has 0 aromatic heterocycles. The molecule has 4 heteroatoms. The van der Waals surface area contributed by atoms with E-state index in [2.05, 4.69) is 28.4 Å². The van der Waals surface area contributed by atoms with E-state index in [0.717, 1.165) is 26.2 Å². The molecule has 0 aliphatic carbocycles. The van der Waals surface area contributed by atoms with Crippen LogP contribution in [0.2, 0.25) is 0 Å². The van der Waals surface area contributed by atoms with Gasteiger partial charge in [0.15, 0.2) is 0 Å². The van der Waals surface area contributed by atoms with Gasteiger partial charge in [-0.25, -0.2) is 0 Å². The van der Waals surface area contributed by atoms with Crippen LogP contribution in [0.25, 0.3) is 0 Å². The monoisotopic (exact) mass is 204 g/mol. The van der Waals surface area contributed by atoms with Crippen LogP contribution >= 0.6 is 10.7 Å². The Hall–Kier alpha value is 0.1000. The predicted octanol–water partition coefficient (Wildman–Crippen LogP) is 0.494. The Kier molecular flexibility index (Phi) is 4.38. The molecular formula is C9H20N2OS. The van der Waals surface area contributed by atoms with Crippen LogP contribution in [0, 0.1) is 0 Å². The van der Waals surface area contributed by atoms with Gasteiger partial charge in [0.25, 0.3) is 0 Å². The summed E-state index contributed by atoms with van der Waals surface area (Å²) in [5.74, 6) is 4.08. The normalized spacial score (nSPS) is 29.0. The van der Waals surface area contributed by atoms with Crippen molar-refractivity contribution in [2.75, 3.05) is 46.7 Å². The lowest BCUT2D eigenvalue weighted by molar-refractivity contribution is 0.0703. The van der Waals surface area contributed by atoms with E-state index in [1.54, 1.807) is 7.11 Å². The Labute approximate surface area is 83.7 Å². The van der Waals surface area contributed by atoms with E-state index in [1.165, 1.54) is 0 Å². The van der Waals surface area contributed by atoms with Crippen molar-refractivity contribution in [1.82, 2.24) is 9.21 Å². The molecule has 1 saturated heterocycles. The Bertz CT molecular complexity index is 186. The van der Waals surface area contributed by atoms with E-state index in [9.17, 15) is 0 Å². The highest BCUT2D eigenvalue weighted by molar-refractivity contribution is 8.11. The number of methoxy groups -OCH3 is 1. The van der Waals surface area contributed by atoms with Crippen molar-refractivity contribution in [3.05, 3.63) is 0 Å². The smallest absolute Gasteiger partial charge is 0.0630 e. The van der Waals surface area contributed by atoms with Crippen molar-refractivity contribution in [2.24, 2.45) is 0 Å². The molecule has 0 aromatic rings. The second-order valence-electron chi connectivity index (χ2n) is 3.58. The van der Waals surface area contributed by atoms with E-state index < -0.39 is 0 Å². The molecule has 0 N–H and O–H groups in total. The predicted molar refractivity (Wildman–Crippen MR) is 60.5 cm³/mol. The van der Waals surface area contributed by atoms with Gasteiger partial charge < -0.3 is 4.74 Å². The highest BCUT2D eigenvalue weighted by Crippen LogP contribution is 2.18. The first-order valence-corrected chi connectivity index (χ1v) is 6.31. The maximum Gasteiger partial charge on any atom is 0.0630 e. The van der Waals surface area contributed by atoms with E-state index in [0.29, 0.717) is 6.04 Å². The van der Waals surface area contributed by atoms with Crippen molar-refractivity contribution in [3.63, 3.8) is 0 Å². The Morgan fingerprint density at radius 1 is 1.54 bits per heavy atom. The summed E-state index contributed by atoms with van der Waals surface area (Å²) in [6.45, 7) is 4.18. The lowest BCUT2D eigenvalue weighted by atomic mass is 10.2. The summed E-state index contributed by atoms with van der Waals surface area (Å²) in [5.41, 5.74) is 0. The number of rotatable bonds is 3. The molecule has 1 aliphatic heterocycles. The zero-order chi connectivity index (χ0) is 9.84. The molecule has 1 heterocycles. The van der Waals surface area contributed by atoms with Crippen LogP contribution in [0.4, 0.5) is 0 Å². The van der Waals surface area contributed by atoms with Crippen LogP contribution in [-0.2, 0) is 4.74 Å². The summed E-state index contributed by atoms with van der Waals surface area (Å²) in [4.78, 5) is 2.37. The van der Waals surface area contributed by atoms with Crippen LogP contribution in [0.1, 0.15) is 0 Å². The Morgan fingerprint density at radius 3 is 2.77 bits per heavy atom. The SMILES string of the molecule is C=S(C)N1CCN(C)C(COC)C1. The summed E-state index contributed by atoms with van der Waals surface area (Å²) in [6, 6.07) is 0.537. The fourth-order valence-corrected chi connectivity index (χ4v) is 2.39. The maximum atomic E-state index is 5.19. The number of piperazine rings is 1. The fourth-order valence-electron chi connectivity index (χ4n) is 1.57. The molecule has 78 valence electrons. The quantitative estimate of drug-likeness (QED) is 0.623. The minimum absolute atomic E-state index is 0.160. The number of likely N-dealkylation sites (N-methyl/N-ethyl adjacent to an activating group) is 1. The van der Waals surface area contributed by atoms with Crippen LogP contribution in [-0.4, -0.2) is 67.8 Å². The topological polar surface area (TPSA) is 15.7 Å². The summed E-state index contributed by atoms with van der Waals surface area (Å²) in [5, 5.41) is 0. The van der Waals surface area contributed by atoms with Gasteiger partial charge >= 0.3 is 0 Å². The van der Waals surface area contributed by atoms with Gasteiger partial charge in [0.1, 0.15) is 0 Å². The standard InChI is InChI=1S/C9H20N2OS/c1-10-5-6-11(13(3)4)7-9(10)8-12-2/h9H,3,5-8H2,1-2,4H3. The second-order valence-corrected chi connectivity index (χ2v) is 5.30. The summed E-state index contributed by atoms with van der Waals surface area (Å²) in [7, 11) is 4.09. The summed E-state index contributed by atoms with van der Waals surface area (Å²) in [6.07, 6.45) is 2.18. The largest absolute Gasteiger partial charge is 0.383 e. The third-order valence-corrected chi connectivity index (χ3v) is 3.75. The highest BCUT2D eigenvalue weighted by atomic mass is 32.2. The average Bonchev–Trinajstić information content (AvgIpc) is 2.08. The third kappa shape index (κ3) is 3.06. The van der Waals surface area contributed by atoms with Gasteiger partial charge in [-0.15, -0.1) is 10.7 Å². The number of hydrogen-bond donors (Lipinski definition) is 0. The van der Waals surface area contributed by atoms with Crippen molar-refractivity contribution < 1.29 is 4.74 Å². The Morgan fingerprint density at radius 2 is 2.23 bits per heavy atom. The molecule has 2 atom stereocenters. The van der Waals surface area contributed by atoms with Gasteiger partial charge in [0, 0.05) is 32.8 Å². The maximum absolute atomic E-state index is 5.19. The Balaban J connectivity index is 2.47. The molecule has 13 heavy (non-hydrogen) atoms. The number of nitrogens with zero attached hydrogens (tertiary/aromatic N) is 2. The first-order chi connectivity index (χ1) is 6.15. The minimum atomic E-state index is 0.160. The molecule has 0 saturated carbocycles. The van der Waals surface area contributed by atoms with E-state index in [1.807, 2.05) is 0 Å². The second kappa shape index (κ2) is 5.10. The first kappa shape index (κ1) is 11.2. The molecule has 0 bridgehead atoms. The van der Waals surface area contributed by atoms with Crippen molar-refractivity contribution in [1.29, 1.82) is 0 Å². The zero-order valence-electron chi connectivity index (χ0n) is 8.82. The van der Waals surface area contributed by atoms with Gasteiger partial charge in [-0.3, -0.25) is 9.21 Å². The first-order valence-electron chi connectivity index (χ1n) is 4.55. The van der Waals surface area contributed by atoms with Gasteiger partial charge in [-0.1, -0.05) is 5.87 Å². The zero-order valence-corrected chi connectivity index (χ0v) is 9.64.